The van der Waals surface area contributed by atoms with Gasteiger partial charge in [-0.3, -0.25) is 5.10 Å². The van der Waals surface area contributed by atoms with E-state index in [1.807, 2.05) is 19.9 Å². The fourth-order valence-electron chi connectivity index (χ4n) is 1.70. The van der Waals surface area contributed by atoms with Gasteiger partial charge < -0.3 is 11.1 Å². The number of hydrogen-bond donors (Lipinski definition) is 3. The zero-order valence-corrected chi connectivity index (χ0v) is 9.01. The van der Waals surface area contributed by atoms with Gasteiger partial charge in [-0.25, -0.2) is 0 Å². The van der Waals surface area contributed by atoms with E-state index in [4.69, 9.17) is 5.73 Å². The molecule has 1 saturated heterocycles. The molecule has 0 atom stereocenters. The summed E-state index contributed by atoms with van der Waals surface area (Å²) in [5, 5.41) is 10.2. The summed E-state index contributed by atoms with van der Waals surface area (Å²) >= 11 is 0. The van der Waals surface area contributed by atoms with Crippen molar-refractivity contribution in [2.75, 3.05) is 18.8 Å². The van der Waals surface area contributed by atoms with Gasteiger partial charge in [0, 0.05) is 17.7 Å². The van der Waals surface area contributed by atoms with Crippen molar-refractivity contribution in [2.24, 2.45) is 0 Å². The van der Waals surface area contributed by atoms with Crippen LogP contribution < -0.4 is 11.1 Å². The van der Waals surface area contributed by atoms with Crippen LogP contribution >= 0.6 is 0 Å². The molecule has 0 saturated carbocycles. The van der Waals surface area contributed by atoms with Gasteiger partial charge in [0.2, 0.25) is 0 Å². The van der Waals surface area contributed by atoms with Gasteiger partial charge in [0.15, 0.2) is 0 Å². The number of piperidine rings is 1. The van der Waals surface area contributed by atoms with E-state index in [-0.39, 0.29) is 0 Å². The van der Waals surface area contributed by atoms with Crippen LogP contribution in [0.3, 0.4) is 0 Å². The summed E-state index contributed by atoms with van der Waals surface area (Å²) in [6.45, 7) is 6.20. The van der Waals surface area contributed by atoms with Crippen LogP contribution in [-0.4, -0.2) is 23.3 Å². The summed E-state index contributed by atoms with van der Waals surface area (Å²) in [5.41, 5.74) is 6.72. The highest BCUT2D eigenvalue weighted by atomic mass is 15.2. The highest BCUT2D eigenvalue weighted by Gasteiger charge is 2.16. The molecule has 0 amide bonds. The second kappa shape index (κ2) is 5.65. The third-order valence-electron chi connectivity index (χ3n) is 2.40. The molecule has 2 heterocycles. The highest BCUT2D eigenvalue weighted by Crippen LogP contribution is 2.23. The number of nitrogens with two attached hydrogens (primary N) is 1. The van der Waals surface area contributed by atoms with E-state index in [9.17, 15) is 0 Å². The molecule has 2 rings (SSSR count). The molecule has 1 fully saturated rings. The summed E-state index contributed by atoms with van der Waals surface area (Å²) < 4.78 is 0. The van der Waals surface area contributed by atoms with Gasteiger partial charge in [-0.05, 0) is 25.9 Å². The van der Waals surface area contributed by atoms with Crippen molar-refractivity contribution in [3.8, 4) is 0 Å². The first-order valence-corrected chi connectivity index (χ1v) is 5.38. The maximum absolute atomic E-state index is 5.53. The van der Waals surface area contributed by atoms with E-state index >= 15 is 0 Å². The van der Waals surface area contributed by atoms with Crippen LogP contribution in [0.1, 0.15) is 38.3 Å². The van der Waals surface area contributed by atoms with Gasteiger partial charge in [-0.15, -0.1) is 0 Å². The SMILES string of the molecule is CC.Nc1cc(C2CCNCC2)[nH]n1. The molecule has 14 heavy (non-hydrogen) atoms. The quantitative estimate of drug-likeness (QED) is 0.637. The van der Waals surface area contributed by atoms with Crippen LogP contribution in [-0.2, 0) is 0 Å². The molecule has 1 aromatic heterocycles. The van der Waals surface area contributed by atoms with Gasteiger partial charge in [0.1, 0.15) is 5.82 Å². The molecular formula is C10H20N4. The van der Waals surface area contributed by atoms with Crippen molar-refractivity contribution >= 4 is 5.82 Å². The van der Waals surface area contributed by atoms with Gasteiger partial charge in [0.05, 0.1) is 0 Å². The van der Waals surface area contributed by atoms with Crippen LogP contribution in [0.4, 0.5) is 5.82 Å². The normalized spacial score (nSPS) is 17.3. The number of anilines is 1. The molecule has 1 aliphatic heterocycles. The minimum absolute atomic E-state index is 0.600. The van der Waals surface area contributed by atoms with E-state index < -0.39 is 0 Å². The molecule has 1 aliphatic rings. The average Bonchev–Trinajstić information content (AvgIpc) is 2.69. The Bertz CT molecular complexity index is 250. The first-order valence-electron chi connectivity index (χ1n) is 5.38. The van der Waals surface area contributed by atoms with Gasteiger partial charge >= 0.3 is 0 Å². The van der Waals surface area contributed by atoms with Gasteiger partial charge in [0.25, 0.3) is 0 Å². The zero-order valence-electron chi connectivity index (χ0n) is 9.01. The standard InChI is InChI=1S/C8H14N4.C2H6/c9-8-5-7(11-12-8)6-1-3-10-4-2-6;1-2/h5-6,10H,1-4H2,(H3,9,11,12);1-2H3. The Morgan fingerprint density at radius 3 is 2.50 bits per heavy atom. The van der Waals surface area contributed by atoms with Crippen molar-refractivity contribution in [2.45, 2.75) is 32.6 Å². The number of H-pyrrole nitrogens is 1. The Labute approximate surface area is 85.3 Å². The van der Waals surface area contributed by atoms with Gasteiger partial charge in [-0.2, -0.15) is 5.10 Å². The fourth-order valence-corrected chi connectivity index (χ4v) is 1.70. The number of aromatic amines is 1. The van der Waals surface area contributed by atoms with Crippen LogP contribution in [0, 0.1) is 0 Å². The van der Waals surface area contributed by atoms with E-state index in [1.54, 1.807) is 0 Å². The molecule has 4 heteroatoms. The van der Waals surface area contributed by atoms with Crippen molar-refractivity contribution in [1.29, 1.82) is 0 Å². The third kappa shape index (κ3) is 2.73. The van der Waals surface area contributed by atoms with E-state index in [1.165, 1.54) is 18.5 Å². The third-order valence-corrected chi connectivity index (χ3v) is 2.40. The average molecular weight is 196 g/mol. The predicted molar refractivity (Wildman–Crippen MR) is 59.2 cm³/mol. The molecule has 4 nitrogen and oxygen atoms in total. The van der Waals surface area contributed by atoms with E-state index in [0.717, 1.165) is 13.1 Å². The molecule has 0 spiro atoms. The van der Waals surface area contributed by atoms with Gasteiger partial charge in [-0.1, -0.05) is 13.8 Å². The molecule has 80 valence electrons. The Balaban J connectivity index is 0.000000461. The fraction of sp³-hybridized carbons (Fsp3) is 0.700. The van der Waals surface area contributed by atoms with Crippen molar-refractivity contribution in [3.05, 3.63) is 11.8 Å². The molecule has 1 aromatic rings. The number of nitrogens with zero attached hydrogens (tertiary/aromatic N) is 1. The van der Waals surface area contributed by atoms with Crippen molar-refractivity contribution in [3.63, 3.8) is 0 Å². The number of nitrogen functional groups attached to an aromatic ring is 1. The summed E-state index contributed by atoms with van der Waals surface area (Å²) in [5.74, 6) is 1.22. The summed E-state index contributed by atoms with van der Waals surface area (Å²) in [4.78, 5) is 0. The summed E-state index contributed by atoms with van der Waals surface area (Å²) in [6.07, 6.45) is 2.36. The lowest BCUT2D eigenvalue weighted by Crippen LogP contribution is -2.26. The Hall–Kier alpha value is -1.03. The largest absolute Gasteiger partial charge is 0.382 e. The van der Waals surface area contributed by atoms with Crippen LogP contribution in [0.15, 0.2) is 6.07 Å². The first-order chi connectivity index (χ1) is 6.86. The Kier molecular flexibility index (Phi) is 4.46. The summed E-state index contributed by atoms with van der Waals surface area (Å²) in [7, 11) is 0. The molecule has 4 N–H and O–H groups in total. The molecular weight excluding hydrogens is 176 g/mol. The topological polar surface area (TPSA) is 66.7 Å². The summed E-state index contributed by atoms with van der Waals surface area (Å²) in [6, 6.07) is 1.94. The van der Waals surface area contributed by atoms with E-state index in [2.05, 4.69) is 15.5 Å². The Morgan fingerprint density at radius 1 is 1.36 bits per heavy atom. The lowest BCUT2D eigenvalue weighted by molar-refractivity contribution is 0.453. The predicted octanol–water partition coefficient (Wildman–Crippen LogP) is 1.49. The minimum Gasteiger partial charge on any atom is -0.382 e. The van der Waals surface area contributed by atoms with E-state index in [0.29, 0.717) is 11.7 Å². The Morgan fingerprint density at radius 2 is 2.00 bits per heavy atom. The number of hydrogen-bond acceptors (Lipinski definition) is 3. The number of rotatable bonds is 1. The maximum Gasteiger partial charge on any atom is 0.145 e. The molecule has 0 bridgehead atoms. The van der Waals surface area contributed by atoms with Crippen LogP contribution in [0.25, 0.3) is 0 Å². The van der Waals surface area contributed by atoms with Crippen LogP contribution in [0.2, 0.25) is 0 Å². The molecule has 0 aliphatic carbocycles. The van der Waals surface area contributed by atoms with Crippen molar-refractivity contribution < 1.29 is 0 Å². The zero-order chi connectivity index (χ0) is 10.4. The number of aromatic nitrogens is 2. The van der Waals surface area contributed by atoms with Crippen LogP contribution in [0.5, 0.6) is 0 Å². The second-order valence-electron chi connectivity index (χ2n) is 3.27. The molecule has 0 unspecified atom stereocenters. The monoisotopic (exact) mass is 196 g/mol. The molecule has 0 aromatic carbocycles. The smallest absolute Gasteiger partial charge is 0.145 e. The maximum atomic E-state index is 5.53. The lowest BCUT2D eigenvalue weighted by Gasteiger charge is -2.20. The first kappa shape index (κ1) is 11.0. The highest BCUT2D eigenvalue weighted by molar-refractivity contribution is 5.30. The lowest BCUT2D eigenvalue weighted by atomic mass is 9.95. The van der Waals surface area contributed by atoms with Crippen molar-refractivity contribution in [1.82, 2.24) is 15.5 Å². The minimum atomic E-state index is 0.600. The molecule has 0 radical (unpaired) electrons. The second-order valence-corrected chi connectivity index (χ2v) is 3.27. The number of nitrogens with one attached hydrogen (secondary N) is 2.